The number of benzene rings is 1. The summed E-state index contributed by atoms with van der Waals surface area (Å²) >= 11 is 6.30. The Morgan fingerprint density at radius 3 is 2.47 bits per heavy atom. The molecule has 0 radical (unpaired) electrons. The fourth-order valence-electron chi connectivity index (χ4n) is 2.58. The number of carboxylic acid groups (broad SMARTS) is 1. The van der Waals surface area contributed by atoms with Crippen molar-refractivity contribution in [2.75, 3.05) is 14.2 Å². The van der Waals surface area contributed by atoms with Gasteiger partial charge in [0.05, 0.1) is 25.7 Å². The van der Waals surface area contributed by atoms with Crippen LogP contribution >= 0.6 is 11.6 Å². The van der Waals surface area contributed by atoms with Crippen LogP contribution in [0.5, 0.6) is 11.5 Å². The van der Waals surface area contributed by atoms with Crippen LogP contribution in [0, 0.1) is 6.92 Å². The van der Waals surface area contributed by atoms with E-state index in [-0.39, 0.29) is 11.8 Å². The molecule has 5 heteroatoms. The van der Waals surface area contributed by atoms with Gasteiger partial charge in [0.1, 0.15) is 0 Å². The number of methoxy groups -OCH3 is 2. The van der Waals surface area contributed by atoms with E-state index in [1.807, 2.05) is 13.0 Å². The number of rotatable bonds is 5. The number of carboxylic acids is 1. The summed E-state index contributed by atoms with van der Waals surface area (Å²) in [5.41, 5.74) is 1.54. The Morgan fingerprint density at radius 1 is 1.42 bits per heavy atom. The third-order valence-electron chi connectivity index (χ3n) is 3.77. The Hall–Kier alpha value is -1.42. The molecule has 0 aromatic heterocycles. The average Bonchev–Trinajstić information content (AvgIpc) is 3.11. The predicted molar refractivity (Wildman–Crippen MR) is 72.5 cm³/mol. The number of aliphatic carboxylic acids is 1. The molecule has 1 aromatic rings. The smallest absolute Gasteiger partial charge is 0.304 e. The Bertz CT molecular complexity index is 521. The normalized spacial score (nSPS) is 16.0. The van der Waals surface area contributed by atoms with Gasteiger partial charge in [-0.15, -0.1) is 0 Å². The van der Waals surface area contributed by atoms with Crippen LogP contribution in [0.4, 0.5) is 0 Å². The van der Waals surface area contributed by atoms with E-state index in [2.05, 4.69) is 0 Å². The van der Waals surface area contributed by atoms with Gasteiger partial charge >= 0.3 is 5.97 Å². The van der Waals surface area contributed by atoms with E-state index in [1.54, 1.807) is 7.11 Å². The summed E-state index contributed by atoms with van der Waals surface area (Å²) in [6, 6.07) is 1.86. The van der Waals surface area contributed by atoms with Crippen LogP contribution in [0.25, 0.3) is 0 Å². The van der Waals surface area contributed by atoms with Crippen LogP contribution in [0.2, 0.25) is 5.02 Å². The van der Waals surface area contributed by atoms with E-state index >= 15 is 0 Å². The lowest BCUT2D eigenvalue weighted by Crippen LogP contribution is -2.15. The minimum atomic E-state index is -0.789. The molecule has 2 rings (SSSR count). The van der Waals surface area contributed by atoms with E-state index < -0.39 is 5.97 Å². The summed E-state index contributed by atoms with van der Waals surface area (Å²) in [7, 11) is 3.08. The first-order valence-corrected chi connectivity index (χ1v) is 6.46. The number of carbonyl (C=O) groups is 1. The van der Waals surface area contributed by atoms with E-state index in [4.69, 9.17) is 26.2 Å². The summed E-state index contributed by atoms with van der Waals surface area (Å²) in [6.45, 7) is 1.89. The maximum atomic E-state index is 11.0. The first-order valence-electron chi connectivity index (χ1n) is 6.08. The largest absolute Gasteiger partial charge is 0.493 e. The summed E-state index contributed by atoms with van der Waals surface area (Å²) in [5.74, 6) is 0.254. The highest BCUT2D eigenvalue weighted by Crippen LogP contribution is 2.55. The van der Waals surface area contributed by atoms with E-state index in [1.165, 1.54) is 7.11 Å². The summed E-state index contributed by atoms with van der Waals surface area (Å²) in [5, 5.41) is 9.54. The van der Waals surface area contributed by atoms with Crippen LogP contribution < -0.4 is 9.47 Å². The molecular formula is C14H17ClO4. The van der Waals surface area contributed by atoms with Crippen molar-refractivity contribution in [1.29, 1.82) is 0 Å². The fraction of sp³-hybridized carbons (Fsp3) is 0.500. The average molecular weight is 285 g/mol. The Labute approximate surface area is 117 Å². The maximum Gasteiger partial charge on any atom is 0.304 e. The van der Waals surface area contributed by atoms with Gasteiger partial charge in [0.2, 0.25) is 0 Å². The zero-order valence-electron chi connectivity index (χ0n) is 11.2. The lowest BCUT2D eigenvalue weighted by Gasteiger charge is -2.20. The van der Waals surface area contributed by atoms with Crippen LogP contribution in [-0.4, -0.2) is 25.3 Å². The van der Waals surface area contributed by atoms with E-state index in [0.717, 1.165) is 24.0 Å². The quantitative estimate of drug-likeness (QED) is 0.902. The number of halogens is 1. The van der Waals surface area contributed by atoms with E-state index in [9.17, 15) is 4.79 Å². The molecule has 1 N–H and O–H groups in total. The topological polar surface area (TPSA) is 55.8 Å². The summed E-state index contributed by atoms with van der Waals surface area (Å²) in [4.78, 5) is 11.0. The molecule has 1 saturated carbocycles. The van der Waals surface area contributed by atoms with Gasteiger partial charge in [-0.1, -0.05) is 11.6 Å². The summed E-state index contributed by atoms with van der Waals surface area (Å²) in [6.07, 6.45) is 1.86. The molecule has 0 bridgehead atoms. The van der Waals surface area contributed by atoms with Crippen molar-refractivity contribution in [3.05, 3.63) is 22.2 Å². The van der Waals surface area contributed by atoms with Crippen molar-refractivity contribution >= 4 is 17.6 Å². The zero-order chi connectivity index (χ0) is 14.2. The molecule has 0 atom stereocenters. The molecule has 1 fully saturated rings. The Balaban J connectivity index is 2.53. The van der Waals surface area contributed by atoms with Gasteiger partial charge in [0, 0.05) is 5.41 Å². The van der Waals surface area contributed by atoms with Gasteiger partial charge in [-0.25, -0.2) is 0 Å². The van der Waals surface area contributed by atoms with Gasteiger partial charge in [0.25, 0.3) is 0 Å². The van der Waals surface area contributed by atoms with Crippen molar-refractivity contribution in [2.45, 2.75) is 31.6 Å². The molecule has 19 heavy (non-hydrogen) atoms. The van der Waals surface area contributed by atoms with Gasteiger partial charge in [-0.3, -0.25) is 4.79 Å². The van der Waals surface area contributed by atoms with Crippen LogP contribution in [0.15, 0.2) is 6.07 Å². The minimum Gasteiger partial charge on any atom is -0.493 e. The molecule has 0 amide bonds. The Morgan fingerprint density at radius 2 is 2.05 bits per heavy atom. The molecule has 4 nitrogen and oxygen atoms in total. The highest BCUT2D eigenvalue weighted by atomic mass is 35.5. The highest BCUT2D eigenvalue weighted by molar-refractivity contribution is 6.33. The monoisotopic (exact) mass is 284 g/mol. The molecule has 0 spiro atoms. The van der Waals surface area contributed by atoms with Crippen LogP contribution in [0.3, 0.4) is 0 Å². The molecule has 0 aliphatic heterocycles. The van der Waals surface area contributed by atoms with Crippen molar-refractivity contribution < 1.29 is 19.4 Å². The first kappa shape index (κ1) is 14.0. The lowest BCUT2D eigenvalue weighted by atomic mass is 9.88. The predicted octanol–water partition coefficient (Wildman–Crippen LogP) is 3.17. The highest BCUT2D eigenvalue weighted by Gasteiger charge is 2.47. The van der Waals surface area contributed by atoms with E-state index in [0.29, 0.717) is 16.5 Å². The van der Waals surface area contributed by atoms with Crippen molar-refractivity contribution in [1.82, 2.24) is 0 Å². The molecule has 0 saturated heterocycles. The number of hydrogen-bond donors (Lipinski definition) is 1. The third-order valence-corrected chi connectivity index (χ3v) is 4.23. The number of hydrogen-bond acceptors (Lipinski definition) is 3. The van der Waals surface area contributed by atoms with Gasteiger partial charge in [-0.05, 0) is 37.0 Å². The Kier molecular flexibility index (Phi) is 3.63. The fourth-order valence-corrected chi connectivity index (χ4v) is 2.85. The molecule has 1 aliphatic carbocycles. The molecule has 1 aromatic carbocycles. The second kappa shape index (κ2) is 4.93. The lowest BCUT2D eigenvalue weighted by molar-refractivity contribution is -0.137. The SMILES string of the molecule is COc1cc(C2(CC(=O)O)CC2)c(C)c(Cl)c1OC. The van der Waals surface area contributed by atoms with Crippen molar-refractivity contribution in [3.63, 3.8) is 0 Å². The minimum absolute atomic E-state index is 0.125. The van der Waals surface area contributed by atoms with Gasteiger partial charge in [0.15, 0.2) is 11.5 Å². The van der Waals surface area contributed by atoms with Gasteiger partial charge in [-0.2, -0.15) is 0 Å². The standard InChI is InChI=1S/C14H17ClO4/c1-8-9(14(4-5-14)7-11(16)17)6-10(18-2)13(19-3)12(8)15/h6H,4-5,7H2,1-3H3,(H,16,17). The third kappa shape index (κ3) is 2.37. The van der Waals surface area contributed by atoms with Crippen molar-refractivity contribution in [3.8, 4) is 11.5 Å². The molecule has 104 valence electrons. The van der Waals surface area contributed by atoms with Crippen molar-refractivity contribution in [2.24, 2.45) is 0 Å². The number of ether oxygens (including phenoxy) is 2. The molecular weight excluding hydrogens is 268 g/mol. The molecule has 1 aliphatic rings. The summed E-state index contributed by atoms with van der Waals surface area (Å²) < 4.78 is 10.5. The molecule has 0 heterocycles. The van der Waals surface area contributed by atoms with Gasteiger partial charge < -0.3 is 14.6 Å². The van der Waals surface area contributed by atoms with Crippen LogP contribution in [0.1, 0.15) is 30.4 Å². The maximum absolute atomic E-state index is 11.0. The second-order valence-corrected chi connectivity index (χ2v) is 5.33. The second-order valence-electron chi connectivity index (χ2n) is 4.95. The molecule has 0 unspecified atom stereocenters. The first-order chi connectivity index (χ1) is 8.95. The van der Waals surface area contributed by atoms with Crippen LogP contribution in [-0.2, 0) is 10.2 Å². The zero-order valence-corrected chi connectivity index (χ0v) is 12.0.